The van der Waals surface area contributed by atoms with Crippen LogP contribution in [0, 0.1) is 0 Å². The summed E-state index contributed by atoms with van der Waals surface area (Å²) in [6, 6.07) is 6.65. The van der Waals surface area contributed by atoms with E-state index in [1.54, 1.807) is 13.2 Å². The molecule has 0 saturated heterocycles. The molecule has 1 aromatic rings. The highest BCUT2D eigenvalue weighted by Crippen LogP contribution is 2.17. The predicted molar refractivity (Wildman–Crippen MR) is 58.3 cm³/mol. The van der Waals surface area contributed by atoms with E-state index in [0.717, 1.165) is 5.69 Å². The van der Waals surface area contributed by atoms with Gasteiger partial charge in [0.15, 0.2) is 0 Å². The van der Waals surface area contributed by atoms with Crippen LogP contribution < -0.4 is 10.1 Å². The van der Waals surface area contributed by atoms with Gasteiger partial charge in [-0.1, -0.05) is 13.0 Å². The van der Waals surface area contributed by atoms with Gasteiger partial charge < -0.3 is 15.2 Å². The highest BCUT2D eigenvalue weighted by molar-refractivity contribution is 5.77. The highest BCUT2D eigenvalue weighted by Gasteiger charge is 2.14. The zero-order chi connectivity index (χ0) is 11.3. The molecule has 0 radical (unpaired) electrons. The molecule has 0 aromatic heterocycles. The Labute approximate surface area is 88.9 Å². The number of rotatable bonds is 5. The van der Waals surface area contributed by atoms with Crippen molar-refractivity contribution in [1.82, 2.24) is 0 Å². The van der Waals surface area contributed by atoms with Crippen LogP contribution in [0.15, 0.2) is 24.3 Å². The minimum absolute atomic E-state index is 0.534. The van der Waals surface area contributed by atoms with E-state index in [4.69, 9.17) is 9.84 Å². The third-order valence-electron chi connectivity index (χ3n) is 2.12. The molecule has 82 valence electrons. The van der Waals surface area contributed by atoms with E-state index in [1.165, 1.54) is 0 Å². The van der Waals surface area contributed by atoms with Crippen molar-refractivity contribution in [3.05, 3.63) is 24.3 Å². The van der Waals surface area contributed by atoms with Gasteiger partial charge in [-0.15, -0.1) is 0 Å². The van der Waals surface area contributed by atoms with Gasteiger partial charge in [-0.2, -0.15) is 0 Å². The van der Waals surface area contributed by atoms with E-state index >= 15 is 0 Å². The molecule has 0 aliphatic carbocycles. The molecule has 2 N–H and O–H groups in total. The summed E-state index contributed by atoms with van der Waals surface area (Å²) in [6.07, 6.45) is 0.534. The molecule has 4 heteroatoms. The molecule has 15 heavy (non-hydrogen) atoms. The molecule has 0 aliphatic rings. The normalized spacial score (nSPS) is 11.9. The lowest BCUT2D eigenvalue weighted by Crippen LogP contribution is -2.28. The van der Waals surface area contributed by atoms with Crippen molar-refractivity contribution in [3.8, 4) is 5.75 Å². The maximum Gasteiger partial charge on any atom is 0.326 e. The largest absolute Gasteiger partial charge is 0.497 e. The average Bonchev–Trinajstić information content (AvgIpc) is 2.25. The van der Waals surface area contributed by atoms with Gasteiger partial charge in [-0.25, -0.2) is 4.79 Å². The number of ether oxygens (including phenoxy) is 1. The molecule has 1 atom stereocenters. The first kappa shape index (κ1) is 11.4. The number of carboxylic acids is 1. The fraction of sp³-hybridized carbons (Fsp3) is 0.364. The lowest BCUT2D eigenvalue weighted by molar-refractivity contribution is -0.137. The van der Waals surface area contributed by atoms with E-state index < -0.39 is 12.0 Å². The number of carboxylic acid groups (broad SMARTS) is 1. The Balaban J connectivity index is 2.74. The summed E-state index contributed by atoms with van der Waals surface area (Å²) in [7, 11) is 1.58. The molecule has 1 aromatic carbocycles. The molecule has 0 amide bonds. The number of hydrogen-bond acceptors (Lipinski definition) is 3. The Morgan fingerprint density at radius 3 is 2.87 bits per heavy atom. The quantitative estimate of drug-likeness (QED) is 0.778. The summed E-state index contributed by atoms with van der Waals surface area (Å²) < 4.78 is 5.04. The van der Waals surface area contributed by atoms with Gasteiger partial charge in [0.25, 0.3) is 0 Å². The molecule has 0 heterocycles. The number of carbonyl (C=O) groups is 1. The number of aliphatic carboxylic acids is 1. The first-order valence-corrected chi connectivity index (χ1v) is 4.80. The molecular formula is C11H15NO3. The Morgan fingerprint density at radius 2 is 2.33 bits per heavy atom. The van der Waals surface area contributed by atoms with Crippen LogP contribution in [0.1, 0.15) is 13.3 Å². The van der Waals surface area contributed by atoms with Crippen LogP contribution >= 0.6 is 0 Å². The fourth-order valence-corrected chi connectivity index (χ4v) is 1.25. The van der Waals surface area contributed by atoms with Crippen molar-refractivity contribution in [2.75, 3.05) is 12.4 Å². The van der Waals surface area contributed by atoms with Crippen LogP contribution in [0.25, 0.3) is 0 Å². The van der Waals surface area contributed by atoms with Crippen molar-refractivity contribution in [1.29, 1.82) is 0 Å². The van der Waals surface area contributed by atoms with E-state index in [-0.39, 0.29) is 0 Å². The first-order chi connectivity index (χ1) is 7.17. The van der Waals surface area contributed by atoms with Gasteiger partial charge in [-0.3, -0.25) is 0 Å². The van der Waals surface area contributed by atoms with Crippen LogP contribution in [0.3, 0.4) is 0 Å². The second-order valence-electron chi connectivity index (χ2n) is 3.18. The first-order valence-electron chi connectivity index (χ1n) is 4.80. The monoisotopic (exact) mass is 209 g/mol. The van der Waals surface area contributed by atoms with Crippen molar-refractivity contribution in [3.63, 3.8) is 0 Å². The Bertz CT molecular complexity index is 338. The van der Waals surface area contributed by atoms with Crippen molar-refractivity contribution >= 4 is 11.7 Å². The number of nitrogens with one attached hydrogen (secondary N) is 1. The molecular weight excluding hydrogens is 194 g/mol. The predicted octanol–water partition coefficient (Wildman–Crippen LogP) is 1.97. The third-order valence-corrected chi connectivity index (χ3v) is 2.12. The second-order valence-corrected chi connectivity index (χ2v) is 3.18. The number of methoxy groups -OCH3 is 1. The van der Waals surface area contributed by atoms with Crippen LogP contribution in [0.4, 0.5) is 5.69 Å². The second kappa shape index (κ2) is 5.24. The topological polar surface area (TPSA) is 58.6 Å². The summed E-state index contributed by atoms with van der Waals surface area (Å²) in [6.45, 7) is 1.83. The van der Waals surface area contributed by atoms with Crippen molar-refractivity contribution in [2.45, 2.75) is 19.4 Å². The van der Waals surface area contributed by atoms with E-state index in [0.29, 0.717) is 12.2 Å². The molecule has 0 fully saturated rings. The summed E-state index contributed by atoms with van der Waals surface area (Å²) in [4.78, 5) is 10.8. The number of benzene rings is 1. The Kier molecular flexibility index (Phi) is 3.97. The van der Waals surface area contributed by atoms with Crippen molar-refractivity contribution in [2.24, 2.45) is 0 Å². The van der Waals surface area contributed by atoms with E-state index in [9.17, 15) is 4.79 Å². The third kappa shape index (κ3) is 3.16. The highest BCUT2D eigenvalue weighted by atomic mass is 16.5. The van der Waals surface area contributed by atoms with E-state index in [1.807, 2.05) is 25.1 Å². The van der Waals surface area contributed by atoms with Gasteiger partial charge in [0.2, 0.25) is 0 Å². The maximum absolute atomic E-state index is 10.8. The lowest BCUT2D eigenvalue weighted by atomic mass is 10.2. The summed E-state index contributed by atoms with van der Waals surface area (Å²) in [5.74, 6) is -0.138. The molecule has 1 rings (SSSR count). The fourth-order valence-electron chi connectivity index (χ4n) is 1.25. The standard InChI is InChI=1S/C11H15NO3/c1-3-10(11(13)14)12-8-5-4-6-9(7-8)15-2/h4-7,10,12H,3H2,1-2H3,(H,13,14). The van der Waals surface area contributed by atoms with Gasteiger partial charge in [0.05, 0.1) is 7.11 Å². The summed E-state index contributed by atoms with van der Waals surface area (Å²) in [5, 5.41) is 11.8. The SMILES string of the molecule is CCC(Nc1cccc(OC)c1)C(=O)O. The zero-order valence-corrected chi connectivity index (χ0v) is 8.86. The number of hydrogen-bond donors (Lipinski definition) is 2. The zero-order valence-electron chi connectivity index (χ0n) is 8.86. The van der Waals surface area contributed by atoms with Gasteiger partial charge in [-0.05, 0) is 18.6 Å². The molecule has 0 spiro atoms. The molecule has 0 saturated carbocycles. The minimum atomic E-state index is -0.847. The van der Waals surface area contributed by atoms with E-state index in [2.05, 4.69) is 5.32 Å². The van der Waals surface area contributed by atoms with Gasteiger partial charge >= 0.3 is 5.97 Å². The lowest BCUT2D eigenvalue weighted by Gasteiger charge is -2.14. The molecule has 1 unspecified atom stereocenters. The van der Waals surface area contributed by atoms with Gasteiger partial charge in [0.1, 0.15) is 11.8 Å². The summed E-state index contributed by atoms with van der Waals surface area (Å²) >= 11 is 0. The van der Waals surface area contributed by atoms with Crippen LogP contribution in [-0.4, -0.2) is 24.2 Å². The molecule has 0 bridgehead atoms. The van der Waals surface area contributed by atoms with Crippen molar-refractivity contribution < 1.29 is 14.6 Å². The van der Waals surface area contributed by atoms with Crippen LogP contribution in [0.5, 0.6) is 5.75 Å². The molecule has 4 nitrogen and oxygen atoms in total. The maximum atomic E-state index is 10.8. The van der Waals surface area contributed by atoms with Gasteiger partial charge in [0, 0.05) is 11.8 Å². The number of anilines is 1. The minimum Gasteiger partial charge on any atom is -0.497 e. The Morgan fingerprint density at radius 1 is 1.60 bits per heavy atom. The van der Waals surface area contributed by atoms with Crippen LogP contribution in [-0.2, 0) is 4.79 Å². The Hall–Kier alpha value is -1.71. The van der Waals surface area contributed by atoms with Crippen LogP contribution in [0.2, 0.25) is 0 Å². The smallest absolute Gasteiger partial charge is 0.326 e. The molecule has 0 aliphatic heterocycles. The summed E-state index contributed by atoms with van der Waals surface area (Å²) in [5.41, 5.74) is 0.753. The average molecular weight is 209 g/mol.